The zero-order valence-electron chi connectivity index (χ0n) is 28.1. The second-order valence-corrected chi connectivity index (χ2v) is 13.3. The highest BCUT2D eigenvalue weighted by Gasteiger charge is 2.52. The number of hydrogen-bond donors (Lipinski definition) is 0. The van der Waals surface area contributed by atoms with Gasteiger partial charge in [-0.25, -0.2) is 0 Å². The summed E-state index contributed by atoms with van der Waals surface area (Å²) in [5.74, 6) is 0. The van der Waals surface area contributed by atoms with Crippen molar-refractivity contribution in [2.75, 3.05) is 4.90 Å². The summed E-state index contributed by atoms with van der Waals surface area (Å²) in [6, 6.07) is 60.8. The highest BCUT2D eigenvalue weighted by Crippen LogP contribution is 2.64. The van der Waals surface area contributed by atoms with Crippen LogP contribution in [0.1, 0.15) is 47.2 Å². The standard InChI is InChI=1S/C48H37N/c1-4-32(2)34-25-28-37(29-26-34)49(45-30-27-36(31-33(45)3)35-15-6-5-7-16-35)46-24-14-23-44-47(46)40-19-10-13-22-43(40)48(44)41-20-11-8-17-38(41)39-18-9-12-21-42(39)48/h4-31H,1-3H3. The van der Waals surface area contributed by atoms with Crippen LogP contribution in [-0.4, -0.2) is 0 Å². The number of fused-ring (bicyclic) bond motifs is 10. The van der Waals surface area contributed by atoms with Gasteiger partial charge in [-0.1, -0.05) is 140 Å². The van der Waals surface area contributed by atoms with Crippen molar-refractivity contribution in [2.45, 2.75) is 26.2 Å². The van der Waals surface area contributed by atoms with Crippen LogP contribution in [-0.2, 0) is 5.41 Å². The minimum absolute atomic E-state index is 0.389. The van der Waals surface area contributed by atoms with Crippen molar-refractivity contribution in [3.05, 3.63) is 203 Å². The zero-order valence-corrected chi connectivity index (χ0v) is 28.1. The van der Waals surface area contributed by atoms with Crippen molar-refractivity contribution in [3.63, 3.8) is 0 Å². The minimum Gasteiger partial charge on any atom is -0.310 e. The van der Waals surface area contributed by atoms with Crippen LogP contribution in [0.3, 0.4) is 0 Å². The largest absolute Gasteiger partial charge is 0.310 e. The van der Waals surface area contributed by atoms with Crippen molar-refractivity contribution in [3.8, 4) is 33.4 Å². The van der Waals surface area contributed by atoms with Crippen molar-refractivity contribution < 1.29 is 0 Å². The molecule has 9 rings (SSSR count). The highest BCUT2D eigenvalue weighted by molar-refractivity contribution is 6.01. The lowest BCUT2D eigenvalue weighted by Gasteiger charge is -2.32. The van der Waals surface area contributed by atoms with Gasteiger partial charge < -0.3 is 4.90 Å². The summed E-state index contributed by atoms with van der Waals surface area (Å²) in [6.45, 7) is 6.53. The molecule has 1 nitrogen and oxygen atoms in total. The Kier molecular flexibility index (Phi) is 6.78. The predicted octanol–water partition coefficient (Wildman–Crippen LogP) is 12.9. The summed E-state index contributed by atoms with van der Waals surface area (Å²) in [5, 5.41) is 0. The molecule has 1 heteroatoms. The molecule has 0 saturated carbocycles. The van der Waals surface area contributed by atoms with E-state index in [-0.39, 0.29) is 5.41 Å². The molecule has 0 saturated heterocycles. The number of anilines is 3. The van der Waals surface area contributed by atoms with Crippen LogP contribution in [0, 0.1) is 6.92 Å². The molecule has 1 spiro atoms. The molecule has 0 N–H and O–H groups in total. The fourth-order valence-electron chi connectivity index (χ4n) is 8.48. The van der Waals surface area contributed by atoms with E-state index in [1.54, 1.807) is 0 Å². The molecule has 234 valence electrons. The Labute approximate surface area is 289 Å². The third kappa shape index (κ3) is 4.25. The maximum absolute atomic E-state index is 2.49. The van der Waals surface area contributed by atoms with Gasteiger partial charge in [0.25, 0.3) is 0 Å². The van der Waals surface area contributed by atoms with Gasteiger partial charge in [0.2, 0.25) is 0 Å². The second-order valence-electron chi connectivity index (χ2n) is 13.3. The maximum atomic E-state index is 2.49. The average molecular weight is 628 g/mol. The van der Waals surface area contributed by atoms with Crippen LogP contribution in [0.15, 0.2) is 170 Å². The monoisotopic (exact) mass is 627 g/mol. The van der Waals surface area contributed by atoms with Gasteiger partial charge in [-0.2, -0.15) is 0 Å². The van der Waals surface area contributed by atoms with Gasteiger partial charge in [0.05, 0.1) is 11.1 Å². The lowest BCUT2D eigenvalue weighted by molar-refractivity contribution is 0.794. The molecule has 0 fully saturated rings. The Morgan fingerprint density at radius 3 is 1.71 bits per heavy atom. The second kappa shape index (κ2) is 11.4. The Hall–Kier alpha value is -5.92. The average Bonchev–Trinajstić information content (AvgIpc) is 3.64. The summed E-state index contributed by atoms with van der Waals surface area (Å²) in [7, 11) is 0. The topological polar surface area (TPSA) is 3.24 Å². The van der Waals surface area contributed by atoms with E-state index in [4.69, 9.17) is 0 Å². The van der Waals surface area contributed by atoms with Crippen molar-refractivity contribution >= 4 is 22.6 Å². The molecule has 0 atom stereocenters. The summed E-state index contributed by atoms with van der Waals surface area (Å²) in [6.07, 6.45) is 2.18. The number of hydrogen-bond acceptors (Lipinski definition) is 1. The van der Waals surface area contributed by atoms with Crippen molar-refractivity contribution in [1.82, 2.24) is 0 Å². The van der Waals surface area contributed by atoms with Gasteiger partial charge in [0, 0.05) is 16.9 Å². The number of benzene rings is 7. The van der Waals surface area contributed by atoms with Crippen LogP contribution in [0.4, 0.5) is 17.1 Å². The molecule has 7 aromatic carbocycles. The summed E-state index contributed by atoms with van der Waals surface area (Å²) < 4.78 is 0. The Balaban J connectivity index is 1.33. The fourth-order valence-corrected chi connectivity index (χ4v) is 8.48. The molecule has 0 radical (unpaired) electrons. The number of rotatable bonds is 5. The highest BCUT2D eigenvalue weighted by atomic mass is 15.1. The first kappa shape index (κ1) is 29.2. The van der Waals surface area contributed by atoms with E-state index in [1.807, 2.05) is 0 Å². The number of aryl methyl sites for hydroxylation is 1. The summed E-state index contributed by atoms with van der Waals surface area (Å²) in [5.41, 5.74) is 20.0. The Bertz CT molecular complexity index is 2370. The molecule has 0 bridgehead atoms. The van der Waals surface area contributed by atoms with E-state index >= 15 is 0 Å². The molecule has 0 unspecified atom stereocenters. The van der Waals surface area contributed by atoms with E-state index in [1.165, 1.54) is 83.7 Å². The molecule has 0 amide bonds. The van der Waals surface area contributed by atoms with Crippen molar-refractivity contribution in [1.29, 1.82) is 0 Å². The van der Waals surface area contributed by atoms with Crippen LogP contribution in [0.2, 0.25) is 0 Å². The van der Waals surface area contributed by atoms with E-state index in [0.29, 0.717) is 0 Å². The third-order valence-corrected chi connectivity index (χ3v) is 10.8. The quantitative estimate of drug-likeness (QED) is 0.183. The van der Waals surface area contributed by atoms with E-state index < -0.39 is 0 Å². The van der Waals surface area contributed by atoms with Crippen LogP contribution >= 0.6 is 0 Å². The van der Waals surface area contributed by atoms with Crippen LogP contribution < -0.4 is 4.90 Å². The smallest absolute Gasteiger partial charge is 0.0726 e. The fraction of sp³-hybridized carbons (Fsp3) is 0.0833. The SMILES string of the molecule is CC=C(C)c1ccc(N(c2ccc(-c3ccccc3)cc2C)c2cccc3c2-c2ccccc2C32c3ccccc3-c3ccccc32)cc1. The van der Waals surface area contributed by atoms with Gasteiger partial charge in [0.1, 0.15) is 0 Å². The summed E-state index contributed by atoms with van der Waals surface area (Å²) in [4.78, 5) is 2.49. The summed E-state index contributed by atoms with van der Waals surface area (Å²) >= 11 is 0. The predicted molar refractivity (Wildman–Crippen MR) is 207 cm³/mol. The first-order chi connectivity index (χ1) is 24.1. The first-order valence-corrected chi connectivity index (χ1v) is 17.2. The minimum atomic E-state index is -0.389. The third-order valence-electron chi connectivity index (χ3n) is 10.8. The van der Waals surface area contributed by atoms with Gasteiger partial charge in [-0.15, -0.1) is 0 Å². The molecular weight excluding hydrogens is 591 g/mol. The molecule has 2 aliphatic carbocycles. The molecular formula is C48H37N. The lowest BCUT2D eigenvalue weighted by Crippen LogP contribution is -2.26. The molecule has 0 aromatic heterocycles. The van der Waals surface area contributed by atoms with E-state index in [9.17, 15) is 0 Å². The van der Waals surface area contributed by atoms with Gasteiger partial charge in [0.15, 0.2) is 0 Å². The normalized spacial score (nSPS) is 13.5. The zero-order chi connectivity index (χ0) is 33.1. The van der Waals surface area contributed by atoms with E-state index in [0.717, 1.165) is 5.69 Å². The van der Waals surface area contributed by atoms with Crippen LogP contribution in [0.25, 0.3) is 39.0 Å². The van der Waals surface area contributed by atoms with Crippen molar-refractivity contribution in [2.24, 2.45) is 0 Å². The molecule has 0 heterocycles. The van der Waals surface area contributed by atoms with Crippen LogP contribution in [0.5, 0.6) is 0 Å². The molecule has 0 aliphatic heterocycles. The number of allylic oxidation sites excluding steroid dienone is 2. The van der Waals surface area contributed by atoms with E-state index in [2.05, 4.69) is 196 Å². The maximum Gasteiger partial charge on any atom is 0.0726 e. The molecule has 2 aliphatic rings. The first-order valence-electron chi connectivity index (χ1n) is 17.2. The van der Waals surface area contributed by atoms with Gasteiger partial charge in [-0.05, 0) is 118 Å². The number of nitrogens with zero attached hydrogens (tertiary/aromatic N) is 1. The Morgan fingerprint density at radius 1 is 0.510 bits per heavy atom. The molecule has 49 heavy (non-hydrogen) atoms. The Morgan fingerprint density at radius 2 is 1.08 bits per heavy atom. The lowest BCUT2D eigenvalue weighted by atomic mass is 9.70. The van der Waals surface area contributed by atoms with Gasteiger partial charge >= 0.3 is 0 Å². The van der Waals surface area contributed by atoms with Gasteiger partial charge in [-0.3, -0.25) is 0 Å². The molecule has 7 aromatic rings.